The van der Waals surface area contributed by atoms with Crippen molar-refractivity contribution in [3.05, 3.63) is 29.7 Å². The van der Waals surface area contributed by atoms with Gasteiger partial charge in [0, 0.05) is 25.1 Å². The van der Waals surface area contributed by atoms with Crippen molar-refractivity contribution in [2.75, 3.05) is 13.2 Å². The standard InChI is InChI=1S/C18H21F3N4O2/c19-9-13-3-6-25(24-13)17-22-14(7-12-1-4-18(20,21)5-2-12)8-16(23-17)27-15-10-26-11-15/h3,6,8,12,15H,1-2,4-5,7,9-11H2. The highest BCUT2D eigenvalue weighted by Gasteiger charge is 2.35. The van der Waals surface area contributed by atoms with E-state index in [0.717, 1.165) is 0 Å². The van der Waals surface area contributed by atoms with Crippen molar-refractivity contribution in [3.8, 4) is 11.8 Å². The Morgan fingerprint density at radius 3 is 2.59 bits per heavy atom. The van der Waals surface area contributed by atoms with Crippen molar-refractivity contribution >= 4 is 0 Å². The van der Waals surface area contributed by atoms with Crippen molar-refractivity contribution in [1.82, 2.24) is 19.7 Å². The second-order valence-electron chi connectivity index (χ2n) is 7.16. The maximum absolute atomic E-state index is 13.4. The zero-order valence-electron chi connectivity index (χ0n) is 14.8. The number of ether oxygens (including phenoxy) is 2. The van der Waals surface area contributed by atoms with Gasteiger partial charge in [0.2, 0.25) is 11.8 Å². The van der Waals surface area contributed by atoms with E-state index in [1.807, 2.05) is 0 Å². The highest BCUT2D eigenvalue weighted by Crippen LogP contribution is 2.37. The van der Waals surface area contributed by atoms with Crippen LogP contribution in [0.3, 0.4) is 0 Å². The summed E-state index contributed by atoms with van der Waals surface area (Å²) in [6, 6.07) is 3.30. The molecule has 0 spiro atoms. The lowest BCUT2D eigenvalue weighted by molar-refractivity contribution is -0.0814. The molecular weight excluding hydrogens is 361 g/mol. The zero-order chi connectivity index (χ0) is 18.9. The third kappa shape index (κ3) is 4.40. The van der Waals surface area contributed by atoms with Gasteiger partial charge < -0.3 is 9.47 Å². The molecule has 2 aromatic heterocycles. The second-order valence-corrected chi connectivity index (χ2v) is 7.16. The van der Waals surface area contributed by atoms with Crippen LogP contribution >= 0.6 is 0 Å². The Hall–Kier alpha value is -2.16. The van der Waals surface area contributed by atoms with E-state index in [-0.39, 0.29) is 36.5 Å². The van der Waals surface area contributed by atoms with E-state index >= 15 is 0 Å². The van der Waals surface area contributed by atoms with Crippen LogP contribution < -0.4 is 4.74 Å². The lowest BCUT2D eigenvalue weighted by atomic mass is 9.84. The number of halogens is 3. The summed E-state index contributed by atoms with van der Waals surface area (Å²) in [5.74, 6) is -1.74. The number of hydrogen-bond acceptors (Lipinski definition) is 5. The largest absolute Gasteiger partial charge is 0.469 e. The summed E-state index contributed by atoms with van der Waals surface area (Å²) in [4.78, 5) is 8.86. The molecule has 2 aromatic rings. The number of aromatic nitrogens is 4. The Labute approximate surface area is 154 Å². The summed E-state index contributed by atoms with van der Waals surface area (Å²) in [5.41, 5.74) is 0.996. The van der Waals surface area contributed by atoms with E-state index in [9.17, 15) is 13.2 Å². The quantitative estimate of drug-likeness (QED) is 0.767. The van der Waals surface area contributed by atoms with Crippen molar-refractivity contribution < 1.29 is 22.6 Å². The van der Waals surface area contributed by atoms with Crippen LogP contribution in [0.1, 0.15) is 37.1 Å². The van der Waals surface area contributed by atoms with Crippen molar-refractivity contribution in [2.45, 2.75) is 50.8 Å². The zero-order valence-corrected chi connectivity index (χ0v) is 14.8. The van der Waals surface area contributed by atoms with Gasteiger partial charge in [-0.25, -0.2) is 22.8 Å². The molecule has 0 unspecified atom stereocenters. The van der Waals surface area contributed by atoms with Crippen LogP contribution in [-0.4, -0.2) is 45.0 Å². The van der Waals surface area contributed by atoms with E-state index in [2.05, 4.69) is 15.1 Å². The highest BCUT2D eigenvalue weighted by molar-refractivity contribution is 5.24. The summed E-state index contributed by atoms with van der Waals surface area (Å²) in [7, 11) is 0. The maximum atomic E-state index is 13.4. The summed E-state index contributed by atoms with van der Waals surface area (Å²) in [6.45, 7) is 0.325. The van der Waals surface area contributed by atoms with Crippen LogP contribution in [0.5, 0.6) is 5.88 Å². The van der Waals surface area contributed by atoms with E-state index in [0.29, 0.717) is 44.1 Å². The number of nitrogens with zero attached hydrogens (tertiary/aromatic N) is 4. The molecule has 2 aliphatic rings. The van der Waals surface area contributed by atoms with Gasteiger partial charge in [-0.05, 0) is 31.2 Å². The summed E-state index contributed by atoms with van der Waals surface area (Å²) in [6.07, 6.45) is 2.85. The van der Waals surface area contributed by atoms with Crippen LogP contribution in [0.2, 0.25) is 0 Å². The van der Waals surface area contributed by atoms with Crippen LogP contribution in [-0.2, 0) is 17.8 Å². The number of alkyl halides is 3. The van der Waals surface area contributed by atoms with Crippen LogP contribution in [0.25, 0.3) is 5.95 Å². The fourth-order valence-corrected chi connectivity index (χ4v) is 3.32. The molecule has 0 bridgehead atoms. The van der Waals surface area contributed by atoms with Gasteiger partial charge in [-0.2, -0.15) is 10.1 Å². The molecule has 3 heterocycles. The van der Waals surface area contributed by atoms with Gasteiger partial charge in [0.15, 0.2) is 0 Å². The minimum absolute atomic E-state index is 0.0620. The van der Waals surface area contributed by atoms with E-state index in [4.69, 9.17) is 9.47 Å². The first-order valence-corrected chi connectivity index (χ1v) is 9.12. The highest BCUT2D eigenvalue weighted by atomic mass is 19.3. The summed E-state index contributed by atoms with van der Waals surface area (Å²) >= 11 is 0. The van der Waals surface area contributed by atoms with Gasteiger partial charge in [-0.15, -0.1) is 0 Å². The monoisotopic (exact) mass is 382 g/mol. The first kappa shape index (κ1) is 18.2. The lowest BCUT2D eigenvalue weighted by Crippen LogP contribution is -2.38. The molecule has 0 atom stereocenters. The predicted octanol–water partition coefficient (Wildman–Crippen LogP) is 3.28. The Balaban J connectivity index is 1.55. The SMILES string of the molecule is FCc1ccn(-c2nc(CC3CCC(F)(F)CC3)cc(OC3COC3)n2)n1. The van der Waals surface area contributed by atoms with Gasteiger partial charge >= 0.3 is 0 Å². The molecule has 9 heteroatoms. The topological polar surface area (TPSA) is 62.1 Å². The average Bonchev–Trinajstić information content (AvgIpc) is 3.09. The van der Waals surface area contributed by atoms with Crippen LogP contribution in [0.4, 0.5) is 13.2 Å². The smallest absolute Gasteiger partial charge is 0.254 e. The van der Waals surface area contributed by atoms with Crippen LogP contribution in [0.15, 0.2) is 18.3 Å². The minimum atomic E-state index is -2.55. The third-order valence-electron chi connectivity index (χ3n) is 4.96. The lowest BCUT2D eigenvalue weighted by Gasteiger charge is -2.28. The molecule has 27 heavy (non-hydrogen) atoms. The molecular formula is C18H21F3N4O2. The first-order chi connectivity index (χ1) is 13.0. The molecule has 6 nitrogen and oxygen atoms in total. The summed E-state index contributed by atoms with van der Waals surface area (Å²) in [5, 5.41) is 4.10. The Kier molecular flexibility index (Phi) is 5.03. The Bertz CT molecular complexity index is 785. The predicted molar refractivity (Wildman–Crippen MR) is 89.8 cm³/mol. The molecule has 0 N–H and O–H groups in total. The Morgan fingerprint density at radius 2 is 1.96 bits per heavy atom. The van der Waals surface area contributed by atoms with Crippen molar-refractivity contribution in [1.29, 1.82) is 0 Å². The molecule has 0 aromatic carbocycles. The van der Waals surface area contributed by atoms with Gasteiger partial charge in [0.05, 0.1) is 24.6 Å². The summed E-state index contributed by atoms with van der Waals surface area (Å²) < 4.78 is 51.9. The molecule has 146 valence electrons. The second kappa shape index (κ2) is 7.46. The molecule has 1 saturated carbocycles. The van der Waals surface area contributed by atoms with Crippen molar-refractivity contribution in [2.24, 2.45) is 5.92 Å². The molecule has 1 aliphatic carbocycles. The van der Waals surface area contributed by atoms with Crippen molar-refractivity contribution in [3.63, 3.8) is 0 Å². The molecule has 0 amide bonds. The first-order valence-electron chi connectivity index (χ1n) is 9.12. The van der Waals surface area contributed by atoms with E-state index < -0.39 is 12.6 Å². The molecule has 2 fully saturated rings. The Morgan fingerprint density at radius 1 is 1.19 bits per heavy atom. The minimum Gasteiger partial charge on any atom is -0.469 e. The normalized spacial score (nSPS) is 20.4. The van der Waals surface area contributed by atoms with Crippen LogP contribution in [0, 0.1) is 5.92 Å². The van der Waals surface area contributed by atoms with E-state index in [1.54, 1.807) is 18.3 Å². The maximum Gasteiger partial charge on any atom is 0.254 e. The van der Waals surface area contributed by atoms with E-state index in [1.165, 1.54) is 4.68 Å². The number of rotatable bonds is 6. The average molecular weight is 382 g/mol. The number of hydrogen-bond donors (Lipinski definition) is 0. The van der Waals surface area contributed by atoms with Gasteiger partial charge in [-0.1, -0.05) is 0 Å². The third-order valence-corrected chi connectivity index (χ3v) is 4.96. The fourth-order valence-electron chi connectivity index (χ4n) is 3.32. The molecule has 0 radical (unpaired) electrons. The van der Waals surface area contributed by atoms with Gasteiger partial charge in [-0.3, -0.25) is 0 Å². The van der Waals surface area contributed by atoms with Gasteiger partial charge in [0.1, 0.15) is 12.8 Å². The van der Waals surface area contributed by atoms with Gasteiger partial charge in [0.25, 0.3) is 5.95 Å². The fraction of sp³-hybridized carbons (Fsp3) is 0.611. The molecule has 4 rings (SSSR count). The molecule has 1 saturated heterocycles. The molecule has 1 aliphatic heterocycles.